The van der Waals surface area contributed by atoms with Crippen LogP contribution in [0, 0.1) is 6.92 Å². The number of aromatic nitrogens is 2. The third kappa shape index (κ3) is 3.31. The molecule has 0 radical (unpaired) electrons. The van der Waals surface area contributed by atoms with Crippen LogP contribution in [0.3, 0.4) is 0 Å². The molecule has 0 spiro atoms. The van der Waals surface area contributed by atoms with Crippen LogP contribution < -0.4 is 0 Å². The molecule has 0 atom stereocenters. The highest BCUT2D eigenvalue weighted by Gasteiger charge is 2.12. The van der Waals surface area contributed by atoms with E-state index in [1.807, 2.05) is 0 Å². The molecule has 1 heterocycles. The van der Waals surface area contributed by atoms with Gasteiger partial charge in [-0.3, -0.25) is 4.79 Å². The third-order valence-electron chi connectivity index (χ3n) is 2.19. The Balaban J connectivity index is 2.67. The van der Waals surface area contributed by atoms with Crippen molar-refractivity contribution in [2.75, 3.05) is 13.6 Å². The summed E-state index contributed by atoms with van der Waals surface area (Å²) in [6.45, 7) is 4.66. The zero-order valence-electron chi connectivity index (χ0n) is 9.53. The van der Waals surface area contributed by atoms with Crippen LogP contribution in [-0.2, 0) is 0 Å². The summed E-state index contributed by atoms with van der Waals surface area (Å²) < 4.78 is 0. The summed E-state index contributed by atoms with van der Waals surface area (Å²) in [5, 5.41) is 0. The Labute approximate surface area is 90.3 Å². The minimum Gasteiger partial charge on any atom is -0.340 e. The van der Waals surface area contributed by atoms with Crippen LogP contribution in [0.25, 0.3) is 0 Å². The van der Waals surface area contributed by atoms with Gasteiger partial charge in [0.15, 0.2) is 0 Å². The van der Waals surface area contributed by atoms with Crippen molar-refractivity contribution in [1.29, 1.82) is 0 Å². The van der Waals surface area contributed by atoms with E-state index in [9.17, 15) is 4.79 Å². The highest BCUT2D eigenvalue weighted by atomic mass is 16.2. The Kier molecular flexibility index (Phi) is 4.21. The summed E-state index contributed by atoms with van der Waals surface area (Å²) in [5.41, 5.74) is 0.473. The summed E-state index contributed by atoms with van der Waals surface area (Å²) in [5.74, 6) is 0.596. The Hall–Kier alpha value is -1.45. The largest absolute Gasteiger partial charge is 0.340 e. The van der Waals surface area contributed by atoms with Crippen molar-refractivity contribution in [1.82, 2.24) is 14.9 Å². The molecule has 0 aromatic carbocycles. The average Bonchev–Trinajstić information content (AvgIpc) is 2.24. The molecule has 4 nitrogen and oxygen atoms in total. The molecular weight excluding hydrogens is 190 g/mol. The molecule has 0 unspecified atom stereocenters. The van der Waals surface area contributed by atoms with Crippen molar-refractivity contribution >= 4 is 5.91 Å². The number of amides is 1. The minimum atomic E-state index is -0.0334. The molecule has 0 aliphatic rings. The van der Waals surface area contributed by atoms with Gasteiger partial charge < -0.3 is 4.90 Å². The Morgan fingerprint density at radius 3 is 2.87 bits per heavy atom. The first-order chi connectivity index (χ1) is 7.15. The summed E-state index contributed by atoms with van der Waals surface area (Å²) >= 11 is 0. The van der Waals surface area contributed by atoms with Gasteiger partial charge in [-0.2, -0.15) is 0 Å². The minimum absolute atomic E-state index is 0.0334. The van der Waals surface area contributed by atoms with Crippen molar-refractivity contribution in [3.63, 3.8) is 0 Å². The van der Waals surface area contributed by atoms with Crippen molar-refractivity contribution in [2.24, 2.45) is 0 Å². The molecule has 1 amide bonds. The van der Waals surface area contributed by atoms with Gasteiger partial charge in [-0.15, -0.1) is 0 Å². The van der Waals surface area contributed by atoms with E-state index in [-0.39, 0.29) is 5.91 Å². The molecule has 0 N–H and O–H groups in total. The lowest BCUT2D eigenvalue weighted by Gasteiger charge is -2.15. The van der Waals surface area contributed by atoms with Crippen LogP contribution in [0.15, 0.2) is 12.3 Å². The number of carbonyl (C=O) groups is 1. The second-order valence-corrected chi connectivity index (χ2v) is 3.57. The van der Waals surface area contributed by atoms with Gasteiger partial charge in [0.25, 0.3) is 5.91 Å². The number of hydrogen-bond donors (Lipinski definition) is 0. The number of carbonyl (C=O) groups excluding carboxylic acids is 1. The van der Waals surface area contributed by atoms with Crippen molar-refractivity contribution in [2.45, 2.75) is 26.7 Å². The molecule has 1 aromatic rings. The van der Waals surface area contributed by atoms with E-state index >= 15 is 0 Å². The Bertz CT molecular complexity index is 338. The van der Waals surface area contributed by atoms with E-state index in [2.05, 4.69) is 16.9 Å². The summed E-state index contributed by atoms with van der Waals surface area (Å²) in [6, 6.07) is 1.65. The van der Waals surface area contributed by atoms with Gasteiger partial charge in [-0.05, 0) is 19.4 Å². The van der Waals surface area contributed by atoms with Gasteiger partial charge >= 0.3 is 0 Å². The van der Waals surface area contributed by atoms with Gasteiger partial charge in [-0.25, -0.2) is 9.97 Å². The van der Waals surface area contributed by atoms with Gasteiger partial charge in [0.2, 0.25) is 0 Å². The fraction of sp³-hybridized carbons (Fsp3) is 0.545. The fourth-order valence-corrected chi connectivity index (χ4v) is 1.27. The maximum atomic E-state index is 11.8. The molecule has 0 saturated heterocycles. The average molecular weight is 207 g/mol. The highest BCUT2D eigenvalue weighted by Crippen LogP contribution is 2.01. The third-order valence-corrected chi connectivity index (χ3v) is 2.19. The van der Waals surface area contributed by atoms with E-state index in [1.54, 1.807) is 31.1 Å². The topological polar surface area (TPSA) is 46.1 Å². The van der Waals surface area contributed by atoms with Gasteiger partial charge in [0, 0.05) is 19.8 Å². The molecule has 1 rings (SSSR count). The molecule has 0 fully saturated rings. The Morgan fingerprint density at radius 1 is 1.53 bits per heavy atom. The fourth-order valence-electron chi connectivity index (χ4n) is 1.27. The predicted molar refractivity (Wildman–Crippen MR) is 58.6 cm³/mol. The molecule has 0 aliphatic carbocycles. The monoisotopic (exact) mass is 207 g/mol. The second kappa shape index (κ2) is 5.44. The van der Waals surface area contributed by atoms with E-state index in [4.69, 9.17) is 0 Å². The Morgan fingerprint density at radius 2 is 2.27 bits per heavy atom. The van der Waals surface area contributed by atoms with Crippen LogP contribution in [0.5, 0.6) is 0 Å². The van der Waals surface area contributed by atoms with Gasteiger partial charge in [0.1, 0.15) is 11.5 Å². The second-order valence-electron chi connectivity index (χ2n) is 3.57. The standard InChI is InChI=1S/C11H17N3O/c1-4-5-8-14(3)11(15)10-6-7-12-9(2)13-10/h6-7H,4-5,8H2,1-3H3. The van der Waals surface area contributed by atoms with Crippen LogP contribution in [0.2, 0.25) is 0 Å². The highest BCUT2D eigenvalue weighted by molar-refractivity contribution is 5.91. The van der Waals surface area contributed by atoms with Gasteiger partial charge in [-0.1, -0.05) is 13.3 Å². The smallest absolute Gasteiger partial charge is 0.272 e. The van der Waals surface area contributed by atoms with E-state index in [0.717, 1.165) is 19.4 Å². The maximum Gasteiger partial charge on any atom is 0.272 e. The van der Waals surface area contributed by atoms with Crippen molar-refractivity contribution < 1.29 is 4.79 Å². The molecule has 82 valence electrons. The quantitative estimate of drug-likeness (QED) is 0.754. The maximum absolute atomic E-state index is 11.8. The summed E-state index contributed by atoms with van der Waals surface area (Å²) in [6.07, 6.45) is 3.72. The van der Waals surface area contributed by atoms with Crippen LogP contribution in [0.1, 0.15) is 36.1 Å². The molecule has 0 saturated carbocycles. The lowest BCUT2D eigenvalue weighted by Crippen LogP contribution is -2.28. The summed E-state index contributed by atoms with van der Waals surface area (Å²) in [4.78, 5) is 21.6. The molecule has 0 bridgehead atoms. The van der Waals surface area contributed by atoms with Gasteiger partial charge in [0.05, 0.1) is 0 Å². The van der Waals surface area contributed by atoms with E-state index in [0.29, 0.717) is 11.5 Å². The lowest BCUT2D eigenvalue weighted by atomic mass is 10.3. The van der Waals surface area contributed by atoms with E-state index < -0.39 is 0 Å². The van der Waals surface area contributed by atoms with Crippen LogP contribution in [-0.4, -0.2) is 34.4 Å². The molecule has 4 heteroatoms. The molecular formula is C11H17N3O. The molecule has 0 aliphatic heterocycles. The zero-order chi connectivity index (χ0) is 11.3. The normalized spacial score (nSPS) is 10.1. The van der Waals surface area contributed by atoms with Crippen molar-refractivity contribution in [3.05, 3.63) is 23.8 Å². The number of nitrogens with zero attached hydrogens (tertiary/aromatic N) is 3. The number of rotatable bonds is 4. The first kappa shape index (κ1) is 11.6. The molecule has 15 heavy (non-hydrogen) atoms. The SMILES string of the molecule is CCCCN(C)C(=O)c1ccnc(C)n1. The van der Waals surface area contributed by atoms with Crippen LogP contribution >= 0.6 is 0 Å². The molecule has 1 aromatic heterocycles. The summed E-state index contributed by atoms with van der Waals surface area (Å²) in [7, 11) is 1.80. The first-order valence-electron chi connectivity index (χ1n) is 5.20. The number of unbranched alkanes of at least 4 members (excludes halogenated alkanes) is 1. The van der Waals surface area contributed by atoms with Crippen LogP contribution in [0.4, 0.5) is 0 Å². The zero-order valence-corrected chi connectivity index (χ0v) is 9.53. The first-order valence-corrected chi connectivity index (χ1v) is 5.20. The predicted octanol–water partition coefficient (Wildman–Crippen LogP) is 1.66. The van der Waals surface area contributed by atoms with E-state index in [1.165, 1.54) is 0 Å². The van der Waals surface area contributed by atoms with Crippen molar-refractivity contribution in [3.8, 4) is 0 Å². The number of aryl methyl sites for hydroxylation is 1. The lowest BCUT2D eigenvalue weighted by molar-refractivity contribution is 0.0787. The number of hydrogen-bond acceptors (Lipinski definition) is 3.